The van der Waals surface area contributed by atoms with Gasteiger partial charge in [0.05, 0.1) is 34.5 Å². The van der Waals surface area contributed by atoms with E-state index >= 15 is 0 Å². The maximum absolute atomic E-state index is 12.6. The predicted octanol–water partition coefficient (Wildman–Crippen LogP) is 3.26. The Bertz CT molecular complexity index is 946. The molecule has 0 radical (unpaired) electrons. The Labute approximate surface area is 156 Å². The van der Waals surface area contributed by atoms with Crippen molar-refractivity contribution in [2.24, 2.45) is 0 Å². The Kier molecular flexibility index (Phi) is 5.24. The Morgan fingerprint density at radius 3 is 2.50 bits per heavy atom. The average molecular weight is 397 g/mol. The first-order valence-electron chi connectivity index (χ1n) is 7.85. The van der Waals surface area contributed by atoms with Crippen molar-refractivity contribution in [2.75, 3.05) is 23.3 Å². The second-order valence-corrected chi connectivity index (χ2v) is 7.73. The van der Waals surface area contributed by atoms with Crippen molar-refractivity contribution in [2.45, 2.75) is 18.2 Å². The normalized spacial score (nSPS) is 13.6. The lowest BCUT2D eigenvalue weighted by Crippen LogP contribution is -2.13. The van der Waals surface area contributed by atoms with Crippen LogP contribution in [0.5, 0.6) is 11.5 Å². The summed E-state index contributed by atoms with van der Waals surface area (Å²) in [6.07, 6.45) is 0.730. The molecule has 0 atom stereocenters. The smallest absolute Gasteiger partial charge is 0.262 e. The highest BCUT2D eigenvalue weighted by Crippen LogP contribution is 2.33. The lowest BCUT2D eigenvalue weighted by molar-refractivity contribution is -0.114. The molecule has 0 saturated heterocycles. The summed E-state index contributed by atoms with van der Waals surface area (Å²) in [5.74, 6) is 0.640. The summed E-state index contributed by atoms with van der Waals surface area (Å²) in [4.78, 5) is 11.1. The second kappa shape index (κ2) is 7.43. The van der Waals surface area contributed by atoms with Gasteiger partial charge in [-0.25, -0.2) is 8.42 Å². The van der Waals surface area contributed by atoms with Crippen LogP contribution in [0.15, 0.2) is 41.3 Å². The van der Waals surface area contributed by atoms with E-state index in [-0.39, 0.29) is 21.5 Å². The molecule has 2 N–H and O–H groups in total. The standard InChI is InChI=1S/C17H17ClN2O5S/c1-11(21)19-15-5-3-12(9-14(15)18)20-26(22,23)13-4-6-16-17(10-13)25-8-2-7-24-16/h3-6,9-10,20H,2,7-8H2,1H3,(H,19,21). The molecule has 1 aliphatic heterocycles. The molecule has 1 heterocycles. The topological polar surface area (TPSA) is 93.7 Å². The van der Waals surface area contributed by atoms with Gasteiger partial charge >= 0.3 is 0 Å². The summed E-state index contributed by atoms with van der Waals surface area (Å²) in [5, 5.41) is 2.78. The molecule has 7 nitrogen and oxygen atoms in total. The van der Waals surface area contributed by atoms with E-state index in [4.69, 9.17) is 21.1 Å². The predicted molar refractivity (Wildman–Crippen MR) is 98.6 cm³/mol. The molecule has 0 bridgehead atoms. The molecule has 2 aromatic carbocycles. The number of hydrogen-bond donors (Lipinski definition) is 2. The zero-order valence-corrected chi connectivity index (χ0v) is 15.5. The second-order valence-electron chi connectivity index (χ2n) is 5.64. The van der Waals surface area contributed by atoms with E-state index < -0.39 is 10.0 Å². The fraction of sp³-hybridized carbons (Fsp3) is 0.235. The summed E-state index contributed by atoms with van der Waals surface area (Å²) in [6.45, 7) is 2.34. The molecule has 1 aliphatic rings. The largest absolute Gasteiger partial charge is 0.490 e. The first-order valence-corrected chi connectivity index (χ1v) is 9.71. The molecule has 3 rings (SSSR count). The minimum Gasteiger partial charge on any atom is -0.490 e. The van der Waals surface area contributed by atoms with Gasteiger partial charge in [-0.05, 0) is 30.3 Å². The molecular formula is C17H17ClN2O5S. The van der Waals surface area contributed by atoms with Gasteiger partial charge in [0.15, 0.2) is 11.5 Å². The maximum Gasteiger partial charge on any atom is 0.262 e. The first-order chi connectivity index (χ1) is 12.3. The van der Waals surface area contributed by atoms with Crippen molar-refractivity contribution in [1.29, 1.82) is 0 Å². The lowest BCUT2D eigenvalue weighted by atomic mass is 10.3. The number of rotatable bonds is 4. The molecular weight excluding hydrogens is 380 g/mol. The maximum atomic E-state index is 12.6. The summed E-state index contributed by atoms with van der Waals surface area (Å²) >= 11 is 6.08. The van der Waals surface area contributed by atoms with Gasteiger partial charge in [-0.1, -0.05) is 11.6 Å². The van der Waals surface area contributed by atoms with Crippen LogP contribution in [0.25, 0.3) is 0 Å². The third-order valence-corrected chi connectivity index (χ3v) is 5.25. The van der Waals surface area contributed by atoms with Crippen molar-refractivity contribution in [1.82, 2.24) is 0 Å². The van der Waals surface area contributed by atoms with Gasteiger partial charge in [0.2, 0.25) is 5.91 Å². The molecule has 0 fully saturated rings. The van der Waals surface area contributed by atoms with E-state index in [1.54, 1.807) is 6.07 Å². The minimum absolute atomic E-state index is 0.0452. The molecule has 1 amide bonds. The molecule has 0 aliphatic carbocycles. The van der Waals surface area contributed by atoms with Crippen molar-refractivity contribution >= 4 is 38.9 Å². The van der Waals surface area contributed by atoms with Gasteiger partial charge in [-0.2, -0.15) is 0 Å². The number of halogens is 1. The van der Waals surface area contributed by atoms with E-state index in [1.807, 2.05) is 0 Å². The van der Waals surface area contributed by atoms with E-state index in [2.05, 4.69) is 10.0 Å². The molecule has 26 heavy (non-hydrogen) atoms. The van der Waals surface area contributed by atoms with Crippen LogP contribution in [0.2, 0.25) is 5.02 Å². The summed E-state index contributed by atoms with van der Waals surface area (Å²) in [5.41, 5.74) is 0.675. The third-order valence-electron chi connectivity index (χ3n) is 3.56. The van der Waals surface area contributed by atoms with Crippen LogP contribution in [0.1, 0.15) is 13.3 Å². The Balaban J connectivity index is 1.84. The minimum atomic E-state index is -3.84. The molecule has 138 valence electrons. The Morgan fingerprint density at radius 2 is 1.81 bits per heavy atom. The summed E-state index contributed by atoms with van der Waals surface area (Å²) < 4.78 is 38.7. The first kappa shape index (κ1) is 18.3. The van der Waals surface area contributed by atoms with Crippen LogP contribution in [-0.2, 0) is 14.8 Å². The summed E-state index contributed by atoms with van der Waals surface area (Å²) in [6, 6.07) is 8.90. The van der Waals surface area contributed by atoms with Gasteiger partial charge in [0.25, 0.3) is 10.0 Å². The molecule has 0 saturated carbocycles. The molecule has 0 unspecified atom stereocenters. The number of sulfonamides is 1. The highest BCUT2D eigenvalue weighted by atomic mass is 35.5. The van der Waals surface area contributed by atoms with Gasteiger partial charge in [0.1, 0.15) is 0 Å². The Hall–Kier alpha value is -2.45. The van der Waals surface area contributed by atoms with Crippen LogP contribution >= 0.6 is 11.6 Å². The number of carbonyl (C=O) groups is 1. The summed E-state index contributed by atoms with van der Waals surface area (Å²) in [7, 11) is -3.84. The number of hydrogen-bond acceptors (Lipinski definition) is 5. The fourth-order valence-electron chi connectivity index (χ4n) is 2.39. The number of nitrogens with one attached hydrogen (secondary N) is 2. The van der Waals surface area contributed by atoms with Crippen LogP contribution in [-0.4, -0.2) is 27.5 Å². The van der Waals surface area contributed by atoms with Crippen molar-refractivity contribution in [3.63, 3.8) is 0 Å². The molecule has 0 aromatic heterocycles. The van der Waals surface area contributed by atoms with E-state index in [9.17, 15) is 13.2 Å². The quantitative estimate of drug-likeness (QED) is 0.827. The molecule has 0 spiro atoms. The lowest BCUT2D eigenvalue weighted by Gasteiger charge is -2.12. The fourth-order valence-corrected chi connectivity index (χ4v) is 3.69. The van der Waals surface area contributed by atoms with E-state index in [0.29, 0.717) is 30.4 Å². The van der Waals surface area contributed by atoms with Gasteiger partial charge in [-0.15, -0.1) is 0 Å². The zero-order valence-electron chi connectivity index (χ0n) is 13.9. The van der Waals surface area contributed by atoms with E-state index in [0.717, 1.165) is 6.42 Å². The number of anilines is 2. The van der Waals surface area contributed by atoms with Crippen LogP contribution in [0, 0.1) is 0 Å². The number of benzene rings is 2. The van der Waals surface area contributed by atoms with Gasteiger partial charge in [0, 0.05) is 19.4 Å². The average Bonchev–Trinajstić information content (AvgIpc) is 2.81. The number of carbonyl (C=O) groups excluding carboxylic acids is 1. The van der Waals surface area contributed by atoms with Crippen molar-refractivity contribution in [3.05, 3.63) is 41.4 Å². The van der Waals surface area contributed by atoms with Crippen molar-refractivity contribution in [3.8, 4) is 11.5 Å². The molecule has 9 heteroatoms. The van der Waals surface area contributed by atoms with E-state index in [1.165, 1.54) is 37.3 Å². The van der Waals surface area contributed by atoms with Gasteiger partial charge < -0.3 is 14.8 Å². The highest BCUT2D eigenvalue weighted by Gasteiger charge is 2.19. The highest BCUT2D eigenvalue weighted by molar-refractivity contribution is 7.92. The van der Waals surface area contributed by atoms with Crippen LogP contribution < -0.4 is 19.5 Å². The Morgan fingerprint density at radius 1 is 1.08 bits per heavy atom. The van der Waals surface area contributed by atoms with Gasteiger partial charge in [-0.3, -0.25) is 9.52 Å². The SMILES string of the molecule is CC(=O)Nc1ccc(NS(=O)(=O)c2ccc3c(c2)OCCCO3)cc1Cl. The third kappa shape index (κ3) is 4.20. The monoisotopic (exact) mass is 396 g/mol. The van der Waals surface area contributed by atoms with Crippen LogP contribution in [0.4, 0.5) is 11.4 Å². The zero-order chi connectivity index (χ0) is 18.7. The van der Waals surface area contributed by atoms with Crippen molar-refractivity contribution < 1.29 is 22.7 Å². The number of fused-ring (bicyclic) bond motifs is 1. The number of ether oxygens (including phenoxy) is 2. The number of amides is 1. The molecule has 2 aromatic rings. The van der Waals surface area contributed by atoms with Crippen LogP contribution in [0.3, 0.4) is 0 Å².